The Labute approximate surface area is 249 Å². The molecular formula is C40H36N2. The van der Waals surface area contributed by atoms with Crippen LogP contribution in [0.15, 0.2) is 155 Å². The molecule has 2 heteroatoms. The van der Waals surface area contributed by atoms with Gasteiger partial charge in [-0.05, 0) is 114 Å². The summed E-state index contributed by atoms with van der Waals surface area (Å²) in [5, 5.41) is 2.64. The molecule has 0 amide bonds. The number of benzene rings is 3. The van der Waals surface area contributed by atoms with Crippen LogP contribution in [0, 0.1) is 5.92 Å². The number of hydrogen-bond acceptors (Lipinski definition) is 2. The first kappa shape index (κ1) is 24.3. The summed E-state index contributed by atoms with van der Waals surface area (Å²) in [6.45, 7) is 0. The smallest absolute Gasteiger partial charge is 0.0629 e. The average Bonchev–Trinajstić information content (AvgIpc) is 3.57. The maximum atomic E-state index is 2.68. The molecule has 9 rings (SSSR count). The maximum absolute atomic E-state index is 2.68. The van der Waals surface area contributed by atoms with Crippen molar-refractivity contribution < 1.29 is 0 Å². The molecule has 2 nitrogen and oxygen atoms in total. The van der Waals surface area contributed by atoms with Gasteiger partial charge in [-0.3, -0.25) is 0 Å². The first-order chi connectivity index (χ1) is 20.8. The van der Waals surface area contributed by atoms with Gasteiger partial charge in [-0.15, -0.1) is 0 Å². The van der Waals surface area contributed by atoms with Gasteiger partial charge < -0.3 is 9.80 Å². The van der Waals surface area contributed by atoms with E-state index in [9.17, 15) is 0 Å². The summed E-state index contributed by atoms with van der Waals surface area (Å²) in [5.74, 6) is 0.551. The van der Waals surface area contributed by atoms with Gasteiger partial charge in [0.05, 0.1) is 12.1 Å². The van der Waals surface area contributed by atoms with Gasteiger partial charge in [0, 0.05) is 22.8 Å². The molecule has 0 saturated heterocycles. The Bertz CT molecular complexity index is 1830. The highest BCUT2D eigenvalue weighted by Crippen LogP contribution is 2.50. The Hall–Kier alpha value is -4.30. The minimum Gasteiger partial charge on any atom is -0.337 e. The average molecular weight is 545 g/mol. The van der Waals surface area contributed by atoms with E-state index in [-0.39, 0.29) is 0 Å². The third-order valence-corrected chi connectivity index (χ3v) is 10.4. The van der Waals surface area contributed by atoms with Crippen LogP contribution in [0.25, 0.3) is 10.8 Å². The summed E-state index contributed by atoms with van der Waals surface area (Å²) in [5.41, 5.74) is 13.3. The molecule has 42 heavy (non-hydrogen) atoms. The van der Waals surface area contributed by atoms with E-state index in [4.69, 9.17) is 0 Å². The van der Waals surface area contributed by atoms with Crippen molar-refractivity contribution >= 4 is 22.1 Å². The van der Waals surface area contributed by atoms with Crippen LogP contribution in [0.5, 0.6) is 0 Å². The van der Waals surface area contributed by atoms with Gasteiger partial charge in [0.25, 0.3) is 0 Å². The van der Waals surface area contributed by atoms with Crippen molar-refractivity contribution in [2.75, 3.05) is 9.80 Å². The standard InChI is InChI=1S/C40H36N2/c1-2-12-31(13-3-1)41-37-16-8-6-14-33(37)35-22-19-30(26-40(35)41)29-20-23-39-36(25-29)34-15-7-9-17-38(34)42(39)32-21-18-27-10-4-5-11-28(27)24-32/h1-7,10-15,18,20-22,24-25,30,39-40H,8-9,16-17,19,23,26H2. The highest BCUT2D eigenvalue weighted by atomic mass is 15.2. The van der Waals surface area contributed by atoms with E-state index < -0.39 is 0 Å². The Morgan fingerprint density at radius 3 is 2.12 bits per heavy atom. The predicted molar refractivity (Wildman–Crippen MR) is 175 cm³/mol. The molecule has 0 saturated carbocycles. The molecule has 4 aliphatic carbocycles. The molecule has 3 unspecified atom stereocenters. The van der Waals surface area contributed by atoms with Crippen LogP contribution in [0.4, 0.5) is 11.4 Å². The lowest BCUT2D eigenvalue weighted by molar-refractivity contribution is 0.497. The highest BCUT2D eigenvalue weighted by Gasteiger charge is 2.42. The first-order valence-corrected chi connectivity index (χ1v) is 15.9. The molecule has 2 heterocycles. The summed E-state index contributed by atoms with van der Waals surface area (Å²) in [4.78, 5) is 5.35. The monoisotopic (exact) mass is 544 g/mol. The van der Waals surface area contributed by atoms with Crippen molar-refractivity contribution in [3.8, 4) is 0 Å². The van der Waals surface area contributed by atoms with Gasteiger partial charge in [0.1, 0.15) is 0 Å². The van der Waals surface area contributed by atoms with Crippen LogP contribution in [-0.4, -0.2) is 12.1 Å². The van der Waals surface area contributed by atoms with Crippen LogP contribution < -0.4 is 9.80 Å². The lowest BCUT2D eigenvalue weighted by atomic mass is 9.77. The molecule has 2 aliphatic heterocycles. The van der Waals surface area contributed by atoms with E-state index >= 15 is 0 Å². The number of fused-ring (bicyclic) bond motifs is 5. The van der Waals surface area contributed by atoms with Crippen molar-refractivity contribution in [3.63, 3.8) is 0 Å². The fourth-order valence-corrected chi connectivity index (χ4v) is 8.49. The summed E-state index contributed by atoms with van der Waals surface area (Å²) in [7, 11) is 0. The minimum absolute atomic E-state index is 0.392. The number of rotatable bonds is 3. The van der Waals surface area contributed by atoms with E-state index in [1.54, 1.807) is 11.1 Å². The van der Waals surface area contributed by atoms with Crippen molar-refractivity contribution in [1.82, 2.24) is 0 Å². The van der Waals surface area contributed by atoms with E-state index in [1.807, 2.05) is 0 Å². The number of anilines is 2. The number of para-hydroxylation sites is 1. The minimum atomic E-state index is 0.392. The van der Waals surface area contributed by atoms with Crippen LogP contribution in [0.2, 0.25) is 0 Å². The molecule has 0 spiro atoms. The van der Waals surface area contributed by atoms with Crippen molar-refractivity contribution in [3.05, 3.63) is 155 Å². The molecule has 0 radical (unpaired) electrons. The second-order valence-corrected chi connectivity index (χ2v) is 12.6. The highest BCUT2D eigenvalue weighted by molar-refractivity contribution is 5.87. The molecule has 0 fully saturated rings. The predicted octanol–water partition coefficient (Wildman–Crippen LogP) is 9.72. The van der Waals surface area contributed by atoms with Crippen molar-refractivity contribution in [1.29, 1.82) is 0 Å². The van der Waals surface area contributed by atoms with Crippen LogP contribution >= 0.6 is 0 Å². The van der Waals surface area contributed by atoms with E-state index in [2.05, 4.69) is 125 Å². The molecule has 0 aromatic heterocycles. The van der Waals surface area contributed by atoms with E-state index in [1.165, 1.54) is 56.7 Å². The second-order valence-electron chi connectivity index (χ2n) is 12.6. The summed E-state index contributed by atoms with van der Waals surface area (Å²) in [6, 6.07) is 27.7. The second kappa shape index (κ2) is 9.63. The lowest BCUT2D eigenvalue weighted by Gasteiger charge is -2.37. The van der Waals surface area contributed by atoms with Crippen molar-refractivity contribution in [2.24, 2.45) is 5.92 Å². The molecule has 3 aromatic rings. The molecule has 206 valence electrons. The number of nitrogens with zero attached hydrogens (tertiary/aromatic N) is 2. The van der Waals surface area contributed by atoms with Gasteiger partial charge >= 0.3 is 0 Å². The summed E-state index contributed by atoms with van der Waals surface area (Å²) in [6.07, 6.45) is 25.3. The molecule has 6 aliphatic rings. The zero-order chi connectivity index (χ0) is 27.6. The topological polar surface area (TPSA) is 6.48 Å². The van der Waals surface area contributed by atoms with Crippen molar-refractivity contribution in [2.45, 2.75) is 57.0 Å². The molecule has 3 atom stereocenters. The third-order valence-electron chi connectivity index (χ3n) is 10.4. The maximum Gasteiger partial charge on any atom is 0.0629 e. The van der Waals surface area contributed by atoms with Gasteiger partial charge in [0.2, 0.25) is 0 Å². The number of hydrogen-bond donors (Lipinski definition) is 0. The fraction of sp³-hybridized carbons (Fsp3) is 0.250. The lowest BCUT2D eigenvalue weighted by Crippen LogP contribution is -2.35. The van der Waals surface area contributed by atoms with Gasteiger partial charge in [-0.25, -0.2) is 0 Å². The Morgan fingerprint density at radius 1 is 0.595 bits per heavy atom. The summed E-state index contributed by atoms with van der Waals surface area (Å²) >= 11 is 0. The first-order valence-electron chi connectivity index (χ1n) is 15.9. The normalized spacial score (nSPS) is 26.1. The Morgan fingerprint density at radius 2 is 1.31 bits per heavy atom. The Kier molecular flexibility index (Phi) is 5.57. The SMILES string of the molecule is C1=CC2=C(CC1)N(c1ccc3ccccc3c1)C1CC=C(C3CC=C4C5=C(CCC=C5)N(c5ccccc5)C4C3)C=C21. The van der Waals surface area contributed by atoms with Crippen LogP contribution in [0.1, 0.15) is 44.9 Å². The van der Waals surface area contributed by atoms with Crippen LogP contribution in [-0.2, 0) is 0 Å². The van der Waals surface area contributed by atoms with Crippen LogP contribution in [0.3, 0.4) is 0 Å². The zero-order valence-corrected chi connectivity index (χ0v) is 24.0. The molecule has 3 aromatic carbocycles. The molecule has 0 bridgehead atoms. The van der Waals surface area contributed by atoms with Gasteiger partial charge in [0.15, 0.2) is 0 Å². The van der Waals surface area contributed by atoms with Gasteiger partial charge in [-0.1, -0.05) is 91.1 Å². The zero-order valence-electron chi connectivity index (χ0n) is 24.0. The third kappa shape index (κ3) is 3.71. The summed E-state index contributed by atoms with van der Waals surface area (Å²) < 4.78 is 0. The molecule has 0 N–H and O–H groups in total. The van der Waals surface area contributed by atoms with E-state index in [0.717, 1.165) is 38.5 Å². The fourth-order valence-electron chi connectivity index (χ4n) is 8.49. The van der Waals surface area contributed by atoms with E-state index in [0.29, 0.717) is 18.0 Å². The van der Waals surface area contributed by atoms with Gasteiger partial charge in [-0.2, -0.15) is 0 Å². The largest absolute Gasteiger partial charge is 0.337 e. The Balaban J connectivity index is 1.05. The molecular weight excluding hydrogens is 508 g/mol. The number of allylic oxidation sites excluding steroid dienone is 9. The quantitative estimate of drug-likeness (QED) is 0.324.